The van der Waals surface area contributed by atoms with E-state index in [1.54, 1.807) is 48.5 Å². The molecule has 126 valence electrons. The Balaban J connectivity index is 0.00000264. The van der Waals surface area contributed by atoms with Crippen molar-refractivity contribution in [3.63, 3.8) is 0 Å². The highest BCUT2D eigenvalue weighted by Crippen LogP contribution is 2.50. The number of nitrogens with two attached hydrogens (primary N) is 1. The highest BCUT2D eigenvalue weighted by Gasteiger charge is 2.28. The fourth-order valence-corrected chi connectivity index (χ4v) is 2.87. The molecule has 8 heteroatoms. The monoisotopic (exact) mass is 359 g/mol. The Bertz CT molecular complexity index is 629. The Kier molecular flexibility index (Phi) is 7.23. The molecular weight excluding hydrogens is 341 g/mol. The molecule has 0 spiro atoms. The Morgan fingerprint density at radius 3 is 1.48 bits per heavy atom. The molecule has 0 bridgehead atoms. The van der Waals surface area contributed by atoms with Gasteiger partial charge in [-0.25, -0.2) is 4.57 Å². The molecule has 0 heterocycles. The van der Waals surface area contributed by atoms with Crippen LogP contribution in [0.2, 0.25) is 0 Å². The van der Waals surface area contributed by atoms with E-state index in [9.17, 15) is 4.57 Å². The quantitative estimate of drug-likeness (QED) is 0.759. The van der Waals surface area contributed by atoms with Gasteiger partial charge in [-0.05, 0) is 24.3 Å². The molecule has 0 aliphatic heterocycles. The Hall–Kier alpha value is -1.88. The van der Waals surface area contributed by atoms with Crippen LogP contribution in [0.1, 0.15) is 0 Å². The second-order valence-electron chi connectivity index (χ2n) is 4.28. The number of rotatable bonds is 7. The second-order valence-corrected chi connectivity index (χ2v) is 6.23. The topological polar surface area (TPSA) is 80.0 Å². The van der Waals surface area contributed by atoms with Crippen molar-refractivity contribution in [1.82, 2.24) is 0 Å². The fourth-order valence-electron chi connectivity index (χ4n) is 1.78. The molecule has 23 heavy (non-hydrogen) atoms. The first-order valence-electron chi connectivity index (χ1n) is 6.56. The molecule has 0 aliphatic carbocycles. The van der Waals surface area contributed by atoms with Crippen molar-refractivity contribution < 1.29 is 23.1 Å². The summed E-state index contributed by atoms with van der Waals surface area (Å²) < 4.78 is 34.1. The molecule has 2 aromatic carbocycles. The summed E-state index contributed by atoms with van der Waals surface area (Å²) in [7, 11) is -0.613. The molecule has 0 saturated heterocycles. The Morgan fingerprint density at radius 2 is 1.17 bits per heavy atom. The normalized spacial score (nSPS) is 10.4. The summed E-state index contributed by atoms with van der Waals surface area (Å²) in [6.07, 6.45) is -0.289. The van der Waals surface area contributed by atoms with Crippen molar-refractivity contribution in [3.05, 3.63) is 48.5 Å². The highest BCUT2D eigenvalue weighted by atomic mass is 35.5. The van der Waals surface area contributed by atoms with E-state index in [-0.39, 0.29) is 18.7 Å². The maximum absolute atomic E-state index is 12.8. The van der Waals surface area contributed by atoms with Gasteiger partial charge in [-0.15, -0.1) is 12.4 Å². The molecule has 0 fully saturated rings. The van der Waals surface area contributed by atoms with Gasteiger partial charge < -0.3 is 24.3 Å². The molecule has 0 atom stereocenters. The van der Waals surface area contributed by atoms with Crippen LogP contribution in [0.5, 0.6) is 23.0 Å². The van der Waals surface area contributed by atoms with E-state index in [0.717, 1.165) is 0 Å². The van der Waals surface area contributed by atoms with Crippen molar-refractivity contribution in [1.29, 1.82) is 0 Å². The van der Waals surface area contributed by atoms with Gasteiger partial charge in [0.25, 0.3) is 0 Å². The van der Waals surface area contributed by atoms with Gasteiger partial charge in [0.15, 0.2) is 23.0 Å². The molecule has 2 aromatic rings. The van der Waals surface area contributed by atoms with E-state index in [2.05, 4.69) is 0 Å². The van der Waals surface area contributed by atoms with E-state index in [4.69, 9.17) is 24.3 Å². The summed E-state index contributed by atoms with van der Waals surface area (Å²) >= 11 is 0. The standard InChI is InChI=1S/C15H18NO5P.ClH/c1-18-12-7-3-5-9-14(12)20-22(17,11-16)21-15-10-6-4-8-13(15)19-2;/h3-10H,11,16H2,1-2H3;1H. The summed E-state index contributed by atoms with van der Waals surface area (Å²) in [5, 5.41) is 0. The minimum absolute atomic E-state index is 0. The van der Waals surface area contributed by atoms with Crippen molar-refractivity contribution in [3.8, 4) is 23.0 Å². The summed E-state index contributed by atoms with van der Waals surface area (Å²) in [5.41, 5.74) is 5.59. The molecule has 2 N–H and O–H groups in total. The summed E-state index contributed by atoms with van der Waals surface area (Å²) in [6, 6.07) is 13.7. The molecular formula is C15H19ClNO5P. The van der Waals surface area contributed by atoms with Gasteiger partial charge in [-0.1, -0.05) is 24.3 Å². The first kappa shape index (κ1) is 19.2. The number of hydrogen-bond acceptors (Lipinski definition) is 6. The maximum Gasteiger partial charge on any atom is 0.444 e. The van der Waals surface area contributed by atoms with Gasteiger partial charge in [-0.3, -0.25) is 0 Å². The van der Waals surface area contributed by atoms with Crippen LogP contribution in [0.25, 0.3) is 0 Å². The third-order valence-corrected chi connectivity index (χ3v) is 4.23. The maximum atomic E-state index is 12.8. The zero-order valence-electron chi connectivity index (χ0n) is 12.8. The lowest BCUT2D eigenvalue weighted by Crippen LogP contribution is -2.12. The van der Waals surface area contributed by atoms with E-state index in [1.807, 2.05) is 0 Å². The summed E-state index contributed by atoms with van der Waals surface area (Å²) in [5.74, 6) is 1.49. The van der Waals surface area contributed by atoms with Crippen molar-refractivity contribution in [2.45, 2.75) is 0 Å². The molecule has 0 aliphatic rings. The number of hydrogen-bond donors (Lipinski definition) is 1. The minimum atomic E-state index is -3.61. The molecule has 0 unspecified atom stereocenters. The zero-order valence-corrected chi connectivity index (χ0v) is 14.5. The SMILES string of the molecule is COc1ccccc1OP(=O)(CN)Oc1ccccc1OC.Cl. The molecule has 6 nitrogen and oxygen atoms in total. The lowest BCUT2D eigenvalue weighted by molar-refractivity contribution is 0.347. The van der Waals surface area contributed by atoms with Crippen LogP contribution in [-0.2, 0) is 4.57 Å². The molecule has 2 rings (SSSR count). The van der Waals surface area contributed by atoms with Gasteiger partial charge in [0.1, 0.15) is 6.29 Å². The van der Waals surface area contributed by atoms with Gasteiger partial charge in [-0.2, -0.15) is 0 Å². The minimum Gasteiger partial charge on any atom is -0.493 e. The van der Waals surface area contributed by atoms with E-state index in [0.29, 0.717) is 23.0 Å². The van der Waals surface area contributed by atoms with E-state index >= 15 is 0 Å². The van der Waals surface area contributed by atoms with Crippen LogP contribution >= 0.6 is 20.0 Å². The highest BCUT2D eigenvalue weighted by molar-refractivity contribution is 7.54. The molecule has 0 aromatic heterocycles. The lowest BCUT2D eigenvalue weighted by atomic mass is 10.3. The van der Waals surface area contributed by atoms with Gasteiger partial charge in [0.05, 0.1) is 14.2 Å². The zero-order chi connectivity index (χ0) is 16.0. The van der Waals surface area contributed by atoms with Crippen LogP contribution in [0.3, 0.4) is 0 Å². The third-order valence-electron chi connectivity index (χ3n) is 2.84. The largest absolute Gasteiger partial charge is 0.493 e. The predicted octanol–water partition coefficient (Wildman–Crippen LogP) is 3.69. The predicted molar refractivity (Wildman–Crippen MR) is 91.2 cm³/mol. The van der Waals surface area contributed by atoms with Crippen molar-refractivity contribution in [2.24, 2.45) is 5.73 Å². The lowest BCUT2D eigenvalue weighted by Gasteiger charge is -2.20. The summed E-state index contributed by atoms with van der Waals surface area (Å²) in [4.78, 5) is 0. The van der Waals surface area contributed by atoms with Crippen LogP contribution in [0.4, 0.5) is 0 Å². The Labute approximate surface area is 141 Å². The van der Waals surface area contributed by atoms with Crippen LogP contribution < -0.4 is 24.3 Å². The van der Waals surface area contributed by atoms with Crippen LogP contribution in [0.15, 0.2) is 48.5 Å². The number of benzene rings is 2. The number of para-hydroxylation sites is 4. The second kappa shape index (κ2) is 8.67. The number of ether oxygens (including phenoxy) is 2. The van der Waals surface area contributed by atoms with Gasteiger partial charge in [0.2, 0.25) is 0 Å². The van der Waals surface area contributed by atoms with E-state index < -0.39 is 7.60 Å². The van der Waals surface area contributed by atoms with Gasteiger partial charge >= 0.3 is 7.60 Å². The average molecular weight is 360 g/mol. The van der Waals surface area contributed by atoms with Crippen LogP contribution in [0, 0.1) is 0 Å². The van der Waals surface area contributed by atoms with Crippen LogP contribution in [-0.4, -0.2) is 20.5 Å². The molecule has 0 amide bonds. The van der Waals surface area contributed by atoms with Crippen molar-refractivity contribution in [2.75, 3.05) is 20.5 Å². The van der Waals surface area contributed by atoms with E-state index in [1.165, 1.54) is 14.2 Å². The third kappa shape index (κ3) is 4.79. The smallest absolute Gasteiger partial charge is 0.444 e. The van der Waals surface area contributed by atoms with Crippen molar-refractivity contribution >= 4 is 20.0 Å². The van der Waals surface area contributed by atoms with Gasteiger partial charge in [0, 0.05) is 0 Å². The number of methoxy groups -OCH3 is 2. The fraction of sp³-hybridized carbons (Fsp3) is 0.200. The molecule has 0 radical (unpaired) electrons. The first-order valence-corrected chi connectivity index (χ1v) is 8.29. The first-order chi connectivity index (χ1) is 10.6. The average Bonchev–Trinajstić information content (AvgIpc) is 2.56. The Morgan fingerprint density at radius 1 is 0.826 bits per heavy atom. The number of halogens is 1. The summed E-state index contributed by atoms with van der Waals surface area (Å²) in [6.45, 7) is 0. The molecule has 0 saturated carbocycles.